The molecule has 7 heteroatoms. The van der Waals surface area contributed by atoms with Gasteiger partial charge in [-0.2, -0.15) is 0 Å². The number of halogens is 2. The number of hydrogen-bond donors (Lipinski definition) is 2. The largest absolute Gasteiger partial charge is 0.379 e. The number of hydrogen-bond acceptors (Lipinski definition) is 4. The first-order valence-corrected chi connectivity index (χ1v) is 9.19. The molecule has 2 saturated heterocycles. The summed E-state index contributed by atoms with van der Waals surface area (Å²) < 4.78 is 5.37. The molecule has 0 radical (unpaired) electrons. The molecular formula is C19H31Cl2N3O2. The third kappa shape index (κ3) is 7.80. The molecule has 2 fully saturated rings. The Morgan fingerprint density at radius 3 is 2.58 bits per heavy atom. The van der Waals surface area contributed by atoms with Gasteiger partial charge in [-0.25, -0.2) is 0 Å². The van der Waals surface area contributed by atoms with Crippen LogP contribution in [0.5, 0.6) is 0 Å². The van der Waals surface area contributed by atoms with Gasteiger partial charge >= 0.3 is 0 Å². The van der Waals surface area contributed by atoms with E-state index in [-0.39, 0.29) is 30.7 Å². The third-order valence-electron chi connectivity index (χ3n) is 5.00. The number of carbonyl (C=O) groups excluding carboxylic acids is 1. The van der Waals surface area contributed by atoms with E-state index in [0.717, 1.165) is 64.5 Å². The minimum Gasteiger partial charge on any atom is -0.379 e. The van der Waals surface area contributed by atoms with Gasteiger partial charge in [-0.05, 0) is 56.0 Å². The van der Waals surface area contributed by atoms with Crippen LogP contribution in [0.15, 0.2) is 24.3 Å². The molecule has 5 nitrogen and oxygen atoms in total. The molecule has 148 valence electrons. The van der Waals surface area contributed by atoms with Crippen LogP contribution in [0.2, 0.25) is 0 Å². The van der Waals surface area contributed by atoms with Gasteiger partial charge < -0.3 is 15.4 Å². The molecule has 0 aliphatic carbocycles. The molecule has 3 rings (SSSR count). The summed E-state index contributed by atoms with van der Waals surface area (Å²) >= 11 is 0. The van der Waals surface area contributed by atoms with Gasteiger partial charge in [-0.3, -0.25) is 9.69 Å². The van der Waals surface area contributed by atoms with Crippen LogP contribution >= 0.6 is 24.8 Å². The predicted octanol–water partition coefficient (Wildman–Crippen LogP) is 2.73. The summed E-state index contributed by atoms with van der Waals surface area (Å²) in [5.41, 5.74) is 2.22. The van der Waals surface area contributed by atoms with E-state index in [1.54, 1.807) is 0 Å². The van der Waals surface area contributed by atoms with Crippen molar-refractivity contribution in [1.82, 2.24) is 10.2 Å². The van der Waals surface area contributed by atoms with Gasteiger partial charge in [0.15, 0.2) is 0 Å². The Hall–Kier alpha value is -0.850. The second kappa shape index (κ2) is 12.5. The molecule has 0 spiro atoms. The predicted molar refractivity (Wildman–Crippen MR) is 111 cm³/mol. The zero-order valence-corrected chi connectivity index (χ0v) is 16.9. The number of ether oxygens (including phenoxy) is 1. The van der Waals surface area contributed by atoms with E-state index >= 15 is 0 Å². The van der Waals surface area contributed by atoms with Crippen LogP contribution < -0.4 is 10.6 Å². The molecule has 2 aliphatic rings. The number of nitrogens with one attached hydrogen (secondary N) is 2. The van der Waals surface area contributed by atoms with Crippen molar-refractivity contribution in [3.05, 3.63) is 29.8 Å². The van der Waals surface area contributed by atoms with Gasteiger partial charge in [-0.15, -0.1) is 24.8 Å². The van der Waals surface area contributed by atoms with Crippen molar-refractivity contribution >= 4 is 36.4 Å². The Morgan fingerprint density at radius 2 is 1.92 bits per heavy atom. The fourth-order valence-corrected chi connectivity index (χ4v) is 3.39. The van der Waals surface area contributed by atoms with Crippen LogP contribution in [0.1, 0.15) is 24.8 Å². The molecule has 0 saturated carbocycles. The summed E-state index contributed by atoms with van der Waals surface area (Å²) in [6.45, 7) is 6.99. The molecule has 0 aromatic heterocycles. The van der Waals surface area contributed by atoms with Crippen molar-refractivity contribution in [3.8, 4) is 0 Å². The summed E-state index contributed by atoms with van der Waals surface area (Å²) in [5, 5.41) is 6.36. The van der Waals surface area contributed by atoms with Crippen molar-refractivity contribution in [2.24, 2.45) is 5.92 Å². The van der Waals surface area contributed by atoms with Crippen LogP contribution in [0, 0.1) is 5.92 Å². The van der Waals surface area contributed by atoms with Crippen molar-refractivity contribution < 1.29 is 9.53 Å². The second-order valence-electron chi connectivity index (χ2n) is 6.85. The maximum atomic E-state index is 12.0. The monoisotopic (exact) mass is 403 g/mol. The highest BCUT2D eigenvalue weighted by atomic mass is 35.5. The Morgan fingerprint density at radius 1 is 1.19 bits per heavy atom. The molecule has 1 atom stereocenters. The SMILES string of the molecule is Cl.Cl.O=C(CCC1CCNC1)Nc1ccc(CCN2CCOCC2)cc1. The van der Waals surface area contributed by atoms with E-state index in [1.807, 2.05) is 12.1 Å². The number of benzene rings is 1. The topological polar surface area (TPSA) is 53.6 Å². The fraction of sp³-hybridized carbons (Fsp3) is 0.632. The van der Waals surface area contributed by atoms with Crippen molar-refractivity contribution in [2.75, 3.05) is 51.3 Å². The zero-order valence-electron chi connectivity index (χ0n) is 15.2. The normalized spacial score (nSPS) is 20.1. The second-order valence-corrected chi connectivity index (χ2v) is 6.85. The molecule has 2 heterocycles. The number of morpholine rings is 1. The number of anilines is 1. The van der Waals surface area contributed by atoms with Crippen LogP contribution in [0.4, 0.5) is 5.69 Å². The quantitative estimate of drug-likeness (QED) is 0.734. The molecule has 2 aliphatic heterocycles. The maximum absolute atomic E-state index is 12.0. The summed E-state index contributed by atoms with van der Waals surface area (Å²) in [6.07, 6.45) is 3.84. The molecule has 0 bridgehead atoms. The van der Waals surface area contributed by atoms with Crippen molar-refractivity contribution in [2.45, 2.75) is 25.7 Å². The number of carbonyl (C=O) groups is 1. The van der Waals surface area contributed by atoms with Crippen molar-refractivity contribution in [3.63, 3.8) is 0 Å². The Kier molecular flexibility index (Phi) is 11.2. The number of nitrogens with zero attached hydrogens (tertiary/aromatic N) is 1. The van der Waals surface area contributed by atoms with Gasteiger partial charge in [0.2, 0.25) is 5.91 Å². The fourth-order valence-electron chi connectivity index (χ4n) is 3.39. The molecule has 1 aromatic rings. The van der Waals surface area contributed by atoms with Gasteiger partial charge in [0.25, 0.3) is 0 Å². The summed E-state index contributed by atoms with van der Waals surface area (Å²) in [7, 11) is 0. The third-order valence-corrected chi connectivity index (χ3v) is 5.00. The van der Waals surface area contributed by atoms with Gasteiger partial charge in [0, 0.05) is 31.7 Å². The van der Waals surface area contributed by atoms with Crippen LogP contribution in [0.3, 0.4) is 0 Å². The van der Waals surface area contributed by atoms with E-state index in [2.05, 4.69) is 27.7 Å². The molecular weight excluding hydrogens is 373 g/mol. The Labute approximate surface area is 169 Å². The lowest BCUT2D eigenvalue weighted by atomic mass is 10.0. The highest BCUT2D eigenvalue weighted by molar-refractivity contribution is 5.90. The van der Waals surface area contributed by atoms with Gasteiger partial charge in [0.1, 0.15) is 0 Å². The lowest BCUT2D eigenvalue weighted by Crippen LogP contribution is -2.37. The lowest BCUT2D eigenvalue weighted by Gasteiger charge is -2.26. The molecule has 1 aromatic carbocycles. The first kappa shape index (κ1) is 23.2. The van der Waals surface area contributed by atoms with Crippen LogP contribution in [0.25, 0.3) is 0 Å². The summed E-state index contributed by atoms with van der Waals surface area (Å²) in [4.78, 5) is 14.5. The van der Waals surface area contributed by atoms with E-state index in [4.69, 9.17) is 4.74 Å². The lowest BCUT2D eigenvalue weighted by molar-refractivity contribution is -0.116. The average Bonchev–Trinajstić information content (AvgIpc) is 3.14. The average molecular weight is 404 g/mol. The van der Waals surface area contributed by atoms with E-state index < -0.39 is 0 Å². The van der Waals surface area contributed by atoms with E-state index in [9.17, 15) is 4.79 Å². The number of rotatable bonds is 7. The molecule has 1 amide bonds. The first-order valence-electron chi connectivity index (χ1n) is 9.19. The summed E-state index contributed by atoms with van der Waals surface area (Å²) in [6, 6.07) is 8.28. The minimum atomic E-state index is 0. The molecule has 2 N–H and O–H groups in total. The number of amides is 1. The standard InChI is InChI=1S/C19H29N3O2.2ClH/c23-19(6-3-17-7-9-20-15-17)21-18-4-1-16(2-5-18)8-10-22-11-13-24-14-12-22;;/h1-2,4-5,17,20H,3,6-15H2,(H,21,23);2*1H. The first-order chi connectivity index (χ1) is 11.8. The smallest absolute Gasteiger partial charge is 0.224 e. The van der Waals surface area contributed by atoms with E-state index in [1.165, 1.54) is 12.0 Å². The van der Waals surface area contributed by atoms with Crippen molar-refractivity contribution in [1.29, 1.82) is 0 Å². The molecule has 26 heavy (non-hydrogen) atoms. The Balaban J connectivity index is 0.00000169. The molecule has 1 unspecified atom stereocenters. The van der Waals surface area contributed by atoms with Gasteiger partial charge in [-0.1, -0.05) is 12.1 Å². The minimum absolute atomic E-state index is 0. The van der Waals surface area contributed by atoms with Crippen LogP contribution in [-0.2, 0) is 16.0 Å². The zero-order chi connectivity index (χ0) is 16.6. The van der Waals surface area contributed by atoms with E-state index in [0.29, 0.717) is 12.3 Å². The maximum Gasteiger partial charge on any atom is 0.224 e. The Bertz CT molecular complexity index is 516. The summed E-state index contributed by atoms with van der Waals surface area (Å²) in [5.74, 6) is 0.793. The highest BCUT2D eigenvalue weighted by Crippen LogP contribution is 2.16. The van der Waals surface area contributed by atoms with Crippen LogP contribution in [-0.4, -0.2) is 56.7 Å². The van der Waals surface area contributed by atoms with Gasteiger partial charge in [0.05, 0.1) is 13.2 Å². The highest BCUT2D eigenvalue weighted by Gasteiger charge is 2.15.